The number of amides is 4. The van der Waals surface area contributed by atoms with Crippen molar-refractivity contribution in [3.8, 4) is 17.2 Å². The Bertz CT molecular complexity index is 1150. The first-order valence-corrected chi connectivity index (χ1v) is 11.9. The number of benzene rings is 2. The highest BCUT2D eigenvalue weighted by molar-refractivity contribution is 6.19. The van der Waals surface area contributed by atoms with Crippen molar-refractivity contribution in [2.75, 3.05) is 48.5 Å². The monoisotopic (exact) mass is 495 g/mol. The van der Waals surface area contributed by atoms with Crippen LogP contribution in [0.2, 0.25) is 0 Å². The van der Waals surface area contributed by atoms with Crippen LogP contribution in [0.3, 0.4) is 0 Å². The maximum Gasteiger partial charge on any atom is 0.332 e. The van der Waals surface area contributed by atoms with E-state index in [9.17, 15) is 14.4 Å². The molecule has 0 aliphatic carbocycles. The summed E-state index contributed by atoms with van der Waals surface area (Å²) >= 11 is 0. The number of fused-ring (bicyclic) bond motifs is 1. The normalized spacial score (nSPS) is 19.8. The van der Waals surface area contributed by atoms with Crippen LogP contribution >= 0.6 is 0 Å². The first-order chi connectivity index (χ1) is 17.2. The molecule has 9 nitrogen and oxygen atoms in total. The molecule has 1 saturated heterocycles. The Hall–Kier alpha value is -3.59. The molecule has 0 radical (unpaired) electrons. The molecular weight excluding hydrogens is 462 g/mol. The summed E-state index contributed by atoms with van der Waals surface area (Å²) in [7, 11) is 7.66. The van der Waals surface area contributed by atoms with Gasteiger partial charge in [-0.2, -0.15) is 0 Å². The Labute approximate surface area is 211 Å². The van der Waals surface area contributed by atoms with Crippen molar-refractivity contribution in [2.45, 2.75) is 25.8 Å². The van der Waals surface area contributed by atoms with Crippen LogP contribution < -0.4 is 14.2 Å². The molecule has 2 heterocycles. The van der Waals surface area contributed by atoms with Crippen molar-refractivity contribution in [3.05, 3.63) is 53.1 Å². The molecule has 1 fully saturated rings. The van der Waals surface area contributed by atoms with E-state index in [1.165, 1.54) is 14.1 Å². The van der Waals surface area contributed by atoms with E-state index >= 15 is 0 Å². The summed E-state index contributed by atoms with van der Waals surface area (Å²) < 4.78 is 16.2. The fourth-order valence-corrected chi connectivity index (χ4v) is 5.33. The van der Waals surface area contributed by atoms with Crippen LogP contribution in [-0.2, 0) is 22.4 Å². The summed E-state index contributed by atoms with van der Waals surface area (Å²) in [5.41, 5.74) is 1.57. The van der Waals surface area contributed by atoms with Crippen LogP contribution in [0.5, 0.6) is 17.2 Å². The molecular formula is C27H33N3O6. The van der Waals surface area contributed by atoms with Gasteiger partial charge in [0.15, 0.2) is 11.5 Å². The molecule has 2 aromatic rings. The Morgan fingerprint density at radius 3 is 2.03 bits per heavy atom. The summed E-state index contributed by atoms with van der Waals surface area (Å²) in [5.74, 6) is 1.01. The van der Waals surface area contributed by atoms with Crippen molar-refractivity contribution in [1.29, 1.82) is 0 Å². The third-order valence-electron chi connectivity index (χ3n) is 7.45. The van der Waals surface area contributed by atoms with Gasteiger partial charge in [-0.1, -0.05) is 12.1 Å². The zero-order valence-corrected chi connectivity index (χ0v) is 21.7. The first kappa shape index (κ1) is 25.5. The van der Waals surface area contributed by atoms with Crippen LogP contribution in [0, 0.1) is 5.41 Å². The average Bonchev–Trinajstić information content (AvgIpc) is 2.91. The van der Waals surface area contributed by atoms with Crippen LogP contribution in [0.1, 0.15) is 29.7 Å². The number of imide groups is 2. The predicted molar refractivity (Wildman–Crippen MR) is 133 cm³/mol. The lowest BCUT2D eigenvalue weighted by atomic mass is 9.76. The number of nitrogens with zero attached hydrogens (tertiary/aromatic N) is 3. The van der Waals surface area contributed by atoms with E-state index in [1.54, 1.807) is 33.5 Å². The summed E-state index contributed by atoms with van der Waals surface area (Å²) in [5, 5.41) is 0. The molecule has 0 saturated carbocycles. The summed E-state index contributed by atoms with van der Waals surface area (Å²) in [6.45, 7) is 2.88. The largest absolute Gasteiger partial charge is 0.497 e. The zero-order chi connectivity index (χ0) is 26.2. The lowest BCUT2D eigenvalue weighted by Gasteiger charge is -2.46. The van der Waals surface area contributed by atoms with Gasteiger partial charge in [0.25, 0.3) is 0 Å². The van der Waals surface area contributed by atoms with Gasteiger partial charge in [0.1, 0.15) is 11.2 Å². The van der Waals surface area contributed by atoms with Gasteiger partial charge < -0.3 is 14.2 Å². The molecule has 4 amide bonds. The van der Waals surface area contributed by atoms with E-state index in [2.05, 4.69) is 11.8 Å². The van der Waals surface area contributed by atoms with Gasteiger partial charge in [-0.15, -0.1) is 0 Å². The van der Waals surface area contributed by atoms with Gasteiger partial charge >= 0.3 is 6.03 Å². The topological polar surface area (TPSA) is 88.6 Å². The molecule has 2 aromatic carbocycles. The second-order valence-corrected chi connectivity index (χ2v) is 9.42. The number of barbiturate groups is 1. The molecule has 192 valence electrons. The molecule has 1 atom stereocenters. The van der Waals surface area contributed by atoms with Gasteiger partial charge in [-0.3, -0.25) is 24.3 Å². The maximum atomic E-state index is 13.7. The highest BCUT2D eigenvalue weighted by atomic mass is 16.5. The fraction of sp³-hybridized carbons (Fsp3) is 0.444. The fourth-order valence-electron chi connectivity index (χ4n) is 5.33. The minimum atomic E-state index is -1.45. The van der Waals surface area contributed by atoms with Gasteiger partial charge in [0, 0.05) is 33.2 Å². The zero-order valence-electron chi connectivity index (χ0n) is 21.7. The van der Waals surface area contributed by atoms with Crippen LogP contribution in [0.15, 0.2) is 36.4 Å². The van der Waals surface area contributed by atoms with Gasteiger partial charge in [-0.25, -0.2) is 4.79 Å². The molecule has 0 spiro atoms. The minimum absolute atomic E-state index is 0.0878. The van der Waals surface area contributed by atoms with Crippen molar-refractivity contribution in [2.24, 2.45) is 5.41 Å². The SMILES string of the molecule is COc1ccc(CC2(CN3CCc4cc(OC)c(OC)cc4[C@@H]3C)C(=O)N(C)C(=O)N(C)C2=O)cc1. The van der Waals surface area contributed by atoms with E-state index in [1.807, 2.05) is 24.3 Å². The predicted octanol–water partition coefficient (Wildman–Crippen LogP) is 2.91. The van der Waals surface area contributed by atoms with Crippen LogP contribution in [0.25, 0.3) is 0 Å². The second-order valence-electron chi connectivity index (χ2n) is 9.42. The number of rotatable bonds is 7. The number of methoxy groups -OCH3 is 3. The van der Waals surface area contributed by atoms with E-state index in [-0.39, 0.29) is 19.0 Å². The maximum absolute atomic E-state index is 13.7. The standard InChI is InChI=1S/C27H33N3O6/c1-17-21-14-23(36-6)22(35-5)13-19(21)11-12-30(17)16-27(15-18-7-9-20(34-4)10-8-18)24(31)28(2)26(33)29(3)25(27)32/h7-10,13-14,17H,11-12,15-16H2,1-6H3/t17-/m0/s1. The van der Waals surface area contributed by atoms with Crippen molar-refractivity contribution >= 4 is 17.8 Å². The van der Waals surface area contributed by atoms with E-state index < -0.39 is 23.3 Å². The number of carbonyl (C=O) groups is 3. The molecule has 2 aliphatic heterocycles. The number of urea groups is 1. The lowest BCUT2D eigenvalue weighted by Crippen LogP contribution is -2.67. The van der Waals surface area contributed by atoms with Crippen molar-refractivity contribution < 1.29 is 28.6 Å². The summed E-state index contributed by atoms with van der Waals surface area (Å²) in [4.78, 5) is 44.3. The number of ether oxygens (including phenoxy) is 3. The van der Waals surface area contributed by atoms with E-state index in [0.29, 0.717) is 23.8 Å². The lowest BCUT2D eigenvalue weighted by molar-refractivity contribution is -0.159. The average molecular weight is 496 g/mol. The molecule has 0 aromatic heterocycles. The Morgan fingerprint density at radius 1 is 0.889 bits per heavy atom. The molecule has 4 rings (SSSR count). The summed E-state index contributed by atoms with van der Waals surface area (Å²) in [6.07, 6.45) is 0.893. The first-order valence-electron chi connectivity index (χ1n) is 11.9. The highest BCUT2D eigenvalue weighted by Gasteiger charge is 2.56. The number of hydrogen-bond acceptors (Lipinski definition) is 7. The molecule has 0 unspecified atom stereocenters. The quantitative estimate of drug-likeness (QED) is 0.546. The minimum Gasteiger partial charge on any atom is -0.497 e. The van der Waals surface area contributed by atoms with E-state index in [4.69, 9.17) is 14.2 Å². The van der Waals surface area contributed by atoms with Gasteiger partial charge in [-0.05, 0) is 60.7 Å². The molecule has 0 N–H and O–H groups in total. The molecule has 0 bridgehead atoms. The number of carbonyl (C=O) groups excluding carboxylic acids is 3. The van der Waals surface area contributed by atoms with Crippen molar-refractivity contribution in [3.63, 3.8) is 0 Å². The van der Waals surface area contributed by atoms with Crippen LogP contribution in [-0.4, -0.2) is 81.1 Å². The van der Waals surface area contributed by atoms with Gasteiger partial charge in [0.2, 0.25) is 11.8 Å². The van der Waals surface area contributed by atoms with Crippen molar-refractivity contribution in [1.82, 2.24) is 14.7 Å². The third kappa shape index (κ3) is 4.17. The van der Waals surface area contributed by atoms with Crippen LogP contribution in [0.4, 0.5) is 4.79 Å². The van der Waals surface area contributed by atoms with Gasteiger partial charge in [0.05, 0.1) is 21.3 Å². The molecule has 36 heavy (non-hydrogen) atoms. The molecule has 2 aliphatic rings. The second kappa shape index (κ2) is 9.81. The molecule has 9 heteroatoms. The highest BCUT2D eigenvalue weighted by Crippen LogP contribution is 2.41. The number of hydrogen-bond donors (Lipinski definition) is 0. The third-order valence-corrected chi connectivity index (χ3v) is 7.45. The Morgan fingerprint density at radius 2 is 1.47 bits per heavy atom. The smallest absolute Gasteiger partial charge is 0.332 e. The summed E-state index contributed by atoms with van der Waals surface area (Å²) in [6, 6.07) is 10.6. The Kier molecular flexibility index (Phi) is 6.95. The Balaban J connectivity index is 1.73. The van der Waals surface area contributed by atoms with E-state index in [0.717, 1.165) is 32.9 Å².